The lowest BCUT2D eigenvalue weighted by Crippen LogP contribution is -2.04. The van der Waals surface area contributed by atoms with Gasteiger partial charge in [-0.05, 0) is 60.4 Å². The van der Waals surface area contributed by atoms with Crippen LogP contribution in [0, 0.1) is 0 Å². The molecule has 0 atom stereocenters. The monoisotopic (exact) mass is 410 g/mol. The zero-order chi connectivity index (χ0) is 20.4. The first-order chi connectivity index (χ1) is 14.9. The standard InChI is InChI=1S/C17H22N12O/c1(5-15-18-23-24-19-15)3-11-29-17(22-27-28-29)13-7-9-14(10-8-13)30-12-4-2-6-16-20-25-26-21-16/h7-10H,1-6,11-12H2,(H,18,19,23,24)(H,20,21,25,26). The Balaban J connectivity index is 1.21. The van der Waals surface area contributed by atoms with Crippen LogP contribution in [-0.4, -0.2) is 68.1 Å². The normalized spacial score (nSPS) is 11.1. The SMILES string of the molecule is c1cc(-c2nnnn2CCCCc2nn[nH]n2)ccc1OCCCCc1nn[nH]n1. The van der Waals surface area contributed by atoms with Crippen molar-refractivity contribution in [2.75, 3.05) is 6.61 Å². The Bertz CT molecular complexity index is 980. The quantitative estimate of drug-likeness (QED) is 0.319. The number of nitrogens with one attached hydrogen (secondary N) is 2. The molecule has 1 aromatic carbocycles. The zero-order valence-corrected chi connectivity index (χ0v) is 16.3. The van der Waals surface area contributed by atoms with Crippen molar-refractivity contribution in [1.29, 1.82) is 0 Å². The smallest absolute Gasteiger partial charge is 0.182 e. The van der Waals surface area contributed by atoms with E-state index >= 15 is 0 Å². The molecule has 156 valence electrons. The van der Waals surface area contributed by atoms with E-state index < -0.39 is 0 Å². The van der Waals surface area contributed by atoms with Crippen LogP contribution in [-0.2, 0) is 19.4 Å². The highest BCUT2D eigenvalue weighted by molar-refractivity contribution is 5.55. The molecule has 0 bridgehead atoms. The van der Waals surface area contributed by atoms with E-state index in [1.54, 1.807) is 0 Å². The van der Waals surface area contributed by atoms with E-state index in [0.717, 1.165) is 73.9 Å². The highest BCUT2D eigenvalue weighted by Gasteiger charge is 2.09. The van der Waals surface area contributed by atoms with Gasteiger partial charge in [0.1, 0.15) is 5.75 Å². The molecule has 0 amide bonds. The summed E-state index contributed by atoms with van der Waals surface area (Å²) >= 11 is 0. The lowest BCUT2D eigenvalue weighted by Gasteiger charge is -2.07. The van der Waals surface area contributed by atoms with Gasteiger partial charge in [-0.25, -0.2) is 4.68 Å². The fourth-order valence-electron chi connectivity index (χ4n) is 2.96. The summed E-state index contributed by atoms with van der Waals surface area (Å²) in [5.41, 5.74) is 0.947. The number of unbranched alkanes of at least 4 members (excludes halogenated alkanes) is 2. The fraction of sp³-hybridized carbons (Fsp3) is 0.471. The van der Waals surface area contributed by atoms with Crippen LogP contribution >= 0.6 is 0 Å². The molecule has 0 aliphatic heterocycles. The highest BCUT2D eigenvalue weighted by Crippen LogP contribution is 2.20. The minimum absolute atomic E-state index is 0.634. The second-order valence-corrected chi connectivity index (χ2v) is 6.67. The number of aryl methyl sites for hydroxylation is 3. The molecule has 4 aromatic rings. The predicted molar refractivity (Wildman–Crippen MR) is 103 cm³/mol. The number of rotatable bonds is 12. The van der Waals surface area contributed by atoms with Gasteiger partial charge in [0.15, 0.2) is 17.5 Å². The van der Waals surface area contributed by atoms with Crippen molar-refractivity contribution >= 4 is 0 Å². The molecule has 13 heteroatoms. The molecular weight excluding hydrogens is 388 g/mol. The fourth-order valence-corrected chi connectivity index (χ4v) is 2.96. The van der Waals surface area contributed by atoms with E-state index in [9.17, 15) is 0 Å². The maximum absolute atomic E-state index is 5.80. The molecular formula is C17H22N12O. The molecule has 0 saturated heterocycles. The van der Waals surface area contributed by atoms with Crippen molar-refractivity contribution in [3.63, 3.8) is 0 Å². The van der Waals surface area contributed by atoms with Gasteiger partial charge in [-0.1, -0.05) is 10.4 Å². The molecule has 0 unspecified atom stereocenters. The molecule has 0 fully saturated rings. The average Bonchev–Trinajstić information content (AvgIpc) is 3.54. The average molecular weight is 410 g/mol. The molecule has 0 saturated carbocycles. The van der Waals surface area contributed by atoms with E-state index in [0.29, 0.717) is 6.61 Å². The molecule has 13 nitrogen and oxygen atoms in total. The third kappa shape index (κ3) is 5.40. The summed E-state index contributed by atoms with van der Waals surface area (Å²) in [4.78, 5) is 0. The van der Waals surface area contributed by atoms with Crippen LogP contribution in [0.1, 0.15) is 37.3 Å². The number of nitrogens with zero attached hydrogens (tertiary/aromatic N) is 10. The predicted octanol–water partition coefficient (Wildman–Crippen LogP) is 0.791. The molecule has 3 heterocycles. The van der Waals surface area contributed by atoms with Crippen molar-refractivity contribution in [1.82, 2.24) is 61.5 Å². The van der Waals surface area contributed by atoms with Gasteiger partial charge in [0.25, 0.3) is 0 Å². The van der Waals surface area contributed by atoms with E-state index in [2.05, 4.69) is 56.8 Å². The molecule has 0 radical (unpaired) electrons. The van der Waals surface area contributed by atoms with Crippen LogP contribution in [0.3, 0.4) is 0 Å². The maximum atomic E-state index is 5.80. The summed E-state index contributed by atoms with van der Waals surface area (Å²) in [6, 6.07) is 7.81. The van der Waals surface area contributed by atoms with E-state index in [1.807, 2.05) is 28.9 Å². The topological polar surface area (TPSA) is 162 Å². The van der Waals surface area contributed by atoms with Crippen molar-refractivity contribution < 1.29 is 4.74 Å². The first-order valence-electron chi connectivity index (χ1n) is 9.82. The lowest BCUT2D eigenvalue weighted by molar-refractivity contribution is 0.306. The number of aromatic amines is 2. The van der Waals surface area contributed by atoms with Crippen LogP contribution < -0.4 is 4.74 Å². The number of hydrogen-bond acceptors (Lipinski definition) is 10. The van der Waals surface area contributed by atoms with E-state index in [1.165, 1.54) is 0 Å². The molecule has 30 heavy (non-hydrogen) atoms. The Labute approximate surface area is 171 Å². The van der Waals surface area contributed by atoms with E-state index in [-0.39, 0.29) is 0 Å². The summed E-state index contributed by atoms with van der Waals surface area (Å²) in [6.07, 6.45) is 5.26. The second-order valence-electron chi connectivity index (χ2n) is 6.67. The van der Waals surface area contributed by atoms with Crippen molar-refractivity contribution in [3.05, 3.63) is 35.9 Å². The highest BCUT2D eigenvalue weighted by atomic mass is 16.5. The van der Waals surface area contributed by atoms with Crippen LogP contribution in [0.25, 0.3) is 11.4 Å². The van der Waals surface area contributed by atoms with Crippen molar-refractivity contribution in [2.45, 2.75) is 45.1 Å². The van der Waals surface area contributed by atoms with Gasteiger partial charge in [-0.3, -0.25) is 0 Å². The van der Waals surface area contributed by atoms with Crippen LogP contribution in [0.2, 0.25) is 0 Å². The molecule has 0 spiro atoms. The molecule has 0 aliphatic rings. The lowest BCUT2D eigenvalue weighted by atomic mass is 10.2. The Morgan fingerprint density at radius 1 is 0.800 bits per heavy atom. The Morgan fingerprint density at radius 3 is 2.17 bits per heavy atom. The summed E-state index contributed by atoms with van der Waals surface area (Å²) in [5.74, 6) is 3.00. The Morgan fingerprint density at radius 2 is 1.50 bits per heavy atom. The Kier molecular flexibility index (Phi) is 6.60. The largest absolute Gasteiger partial charge is 0.494 e. The maximum Gasteiger partial charge on any atom is 0.182 e. The van der Waals surface area contributed by atoms with Gasteiger partial charge in [0, 0.05) is 24.9 Å². The van der Waals surface area contributed by atoms with Gasteiger partial charge < -0.3 is 4.74 Å². The third-order valence-corrected chi connectivity index (χ3v) is 4.51. The van der Waals surface area contributed by atoms with Gasteiger partial charge in [-0.2, -0.15) is 10.4 Å². The minimum Gasteiger partial charge on any atom is -0.494 e. The third-order valence-electron chi connectivity index (χ3n) is 4.51. The molecule has 3 aromatic heterocycles. The molecule has 0 aliphatic carbocycles. The summed E-state index contributed by atoms with van der Waals surface area (Å²) < 4.78 is 7.61. The summed E-state index contributed by atoms with van der Waals surface area (Å²) in [6.45, 7) is 1.36. The Hall–Kier alpha value is -3.77. The van der Waals surface area contributed by atoms with Crippen LogP contribution in [0.5, 0.6) is 5.75 Å². The first-order valence-corrected chi connectivity index (χ1v) is 9.82. The van der Waals surface area contributed by atoms with E-state index in [4.69, 9.17) is 4.74 Å². The second kappa shape index (κ2) is 10.1. The van der Waals surface area contributed by atoms with Gasteiger partial charge in [-0.15, -0.1) is 25.5 Å². The number of ether oxygens (including phenoxy) is 1. The molecule has 2 N–H and O–H groups in total. The number of benzene rings is 1. The van der Waals surface area contributed by atoms with Gasteiger partial charge >= 0.3 is 0 Å². The number of aromatic nitrogens is 12. The minimum atomic E-state index is 0.634. The van der Waals surface area contributed by atoms with Crippen LogP contribution in [0.4, 0.5) is 0 Å². The summed E-state index contributed by atoms with van der Waals surface area (Å²) in [5, 5.41) is 39.8. The summed E-state index contributed by atoms with van der Waals surface area (Å²) in [7, 11) is 0. The number of H-pyrrole nitrogens is 2. The zero-order valence-electron chi connectivity index (χ0n) is 16.3. The van der Waals surface area contributed by atoms with Crippen molar-refractivity contribution in [3.8, 4) is 17.1 Å². The van der Waals surface area contributed by atoms with Gasteiger partial charge in [0.2, 0.25) is 0 Å². The van der Waals surface area contributed by atoms with Crippen LogP contribution in [0.15, 0.2) is 24.3 Å². The molecule has 4 rings (SSSR count). The first kappa shape index (κ1) is 19.5. The van der Waals surface area contributed by atoms with Gasteiger partial charge in [0.05, 0.1) is 6.61 Å². The number of tetrazole rings is 3. The van der Waals surface area contributed by atoms with Crippen molar-refractivity contribution in [2.24, 2.45) is 0 Å². The number of hydrogen-bond donors (Lipinski definition) is 2.